The minimum Gasteiger partial charge on any atom is -0.478 e. The molecule has 2 N–H and O–H groups in total. The molecule has 0 saturated heterocycles. The lowest BCUT2D eigenvalue weighted by molar-refractivity contribution is 0.0697. The van der Waals surface area contributed by atoms with Gasteiger partial charge in [-0.2, -0.15) is 0 Å². The molecular formula is C31H23NO2. The zero-order valence-electron chi connectivity index (χ0n) is 18.5. The van der Waals surface area contributed by atoms with E-state index in [9.17, 15) is 9.90 Å². The average molecular weight is 442 g/mol. The van der Waals surface area contributed by atoms with Gasteiger partial charge in [-0.1, -0.05) is 84.9 Å². The molecule has 0 bridgehead atoms. The van der Waals surface area contributed by atoms with Gasteiger partial charge in [-0.15, -0.1) is 0 Å². The van der Waals surface area contributed by atoms with Crippen molar-refractivity contribution in [3.8, 4) is 0 Å². The Morgan fingerprint density at radius 2 is 1.41 bits per heavy atom. The van der Waals surface area contributed by atoms with Crippen molar-refractivity contribution in [2.45, 2.75) is 18.4 Å². The Morgan fingerprint density at radius 1 is 0.765 bits per heavy atom. The molecule has 0 radical (unpaired) electrons. The zero-order valence-corrected chi connectivity index (χ0v) is 18.5. The van der Waals surface area contributed by atoms with E-state index >= 15 is 0 Å². The third-order valence-electron chi connectivity index (χ3n) is 7.79. The van der Waals surface area contributed by atoms with Crippen molar-refractivity contribution < 1.29 is 9.90 Å². The Hall–Kier alpha value is -4.11. The second kappa shape index (κ2) is 7.19. The number of para-hydroxylation sites is 1. The van der Waals surface area contributed by atoms with Crippen LogP contribution in [0.25, 0.3) is 21.5 Å². The van der Waals surface area contributed by atoms with Gasteiger partial charge in [0.15, 0.2) is 0 Å². The van der Waals surface area contributed by atoms with Crippen LogP contribution in [0.5, 0.6) is 0 Å². The van der Waals surface area contributed by atoms with Crippen molar-refractivity contribution >= 4 is 33.2 Å². The highest BCUT2D eigenvalue weighted by Crippen LogP contribution is 2.55. The fourth-order valence-electron chi connectivity index (χ4n) is 6.44. The molecule has 0 amide bonds. The fraction of sp³-hybridized carbons (Fsp3) is 0.129. The average Bonchev–Trinajstić information content (AvgIpc) is 3.26. The monoisotopic (exact) mass is 441 g/mol. The van der Waals surface area contributed by atoms with Gasteiger partial charge in [-0.25, -0.2) is 4.79 Å². The van der Waals surface area contributed by atoms with Crippen molar-refractivity contribution in [3.63, 3.8) is 0 Å². The number of carboxylic acid groups (broad SMARTS) is 1. The van der Waals surface area contributed by atoms with Crippen molar-refractivity contribution in [2.24, 2.45) is 5.92 Å². The highest BCUT2D eigenvalue weighted by Gasteiger charge is 2.45. The van der Waals surface area contributed by atoms with E-state index in [1.807, 2.05) is 6.07 Å². The molecule has 164 valence electrons. The highest BCUT2D eigenvalue weighted by molar-refractivity contribution is 6.03. The van der Waals surface area contributed by atoms with Gasteiger partial charge in [0.25, 0.3) is 0 Å². The molecule has 1 aliphatic carbocycles. The molecule has 3 atom stereocenters. The molecule has 34 heavy (non-hydrogen) atoms. The summed E-state index contributed by atoms with van der Waals surface area (Å²) in [6, 6.07) is 33.7. The number of anilines is 1. The number of fused-ring (bicyclic) bond motifs is 7. The minimum absolute atomic E-state index is 0.0126. The number of carboxylic acids is 1. The second-order valence-electron chi connectivity index (χ2n) is 9.47. The molecule has 0 fully saturated rings. The van der Waals surface area contributed by atoms with Gasteiger partial charge in [-0.05, 0) is 68.3 Å². The van der Waals surface area contributed by atoms with Crippen molar-refractivity contribution in [1.29, 1.82) is 0 Å². The predicted molar refractivity (Wildman–Crippen MR) is 137 cm³/mol. The summed E-state index contributed by atoms with van der Waals surface area (Å²) < 4.78 is 0. The molecule has 0 aromatic heterocycles. The number of hydrogen-bond donors (Lipinski definition) is 2. The Morgan fingerprint density at radius 3 is 2.15 bits per heavy atom. The first-order valence-corrected chi connectivity index (χ1v) is 11.8. The number of carbonyl (C=O) groups is 1. The predicted octanol–water partition coefficient (Wildman–Crippen LogP) is 7.16. The maximum atomic E-state index is 12.2. The Bertz CT molecular complexity index is 1570. The molecule has 0 saturated carbocycles. The van der Waals surface area contributed by atoms with Gasteiger partial charge in [-0.3, -0.25) is 0 Å². The largest absolute Gasteiger partial charge is 0.478 e. The summed E-state index contributed by atoms with van der Waals surface area (Å²) in [6.45, 7) is 0. The lowest BCUT2D eigenvalue weighted by Crippen LogP contribution is -2.31. The van der Waals surface area contributed by atoms with E-state index in [2.05, 4.69) is 90.2 Å². The maximum Gasteiger partial charge on any atom is 0.337 e. The summed E-state index contributed by atoms with van der Waals surface area (Å²) >= 11 is 0. The Kier molecular flexibility index (Phi) is 4.10. The van der Waals surface area contributed by atoms with Crippen LogP contribution >= 0.6 is 0 Å². The molecule has 3 heteroatoms. The zero-order chi connectivity index (χ0) is 22.8. The third kappa shape index (κ3) is 2.67. The fourth-order valence-corrected chi connectivity index (χ4v) is 6.44. The van der Waals surface area contributed by atoms with E-state index in [1.54, 1.807) is 6.07 Å². The van der Waals surface area contributed by atoms with E-state index in [0.29, 0.717) is 11.5 Å². The van der Waals surface area contributed by atoms with Crippen LogP contribution in [-0.4, -0.2) is 11.1 Å². The van der Waals surface area contributed by atoms with E-state index < -0.39 is 5.97 Å². The Balaban J connectivity index is 1.55. The van der Waals surface area contributed by atoms with Crippen LogP contribution in [0.15, 0.2) is 97.1 Å². The Labute approximate surface area is 197 Å². The first kappa shape index (κ1) is 19.4. The molecule has 3 nitrogen and oxygen atoms in total. The summed E-state index contributed by atoms with van der Waals surface area (Å²) in [7, 11) is 0. The van der Waals surface area contributed by atoms with Gasteiger partial charge >= 0.3 is 5.97 Å². The lowest BCUT2D eigenvalue weighted by Gasteiger charge is -2.39. The van der Waals surface area contributed by atoms with Crippen molar-refractivity contribution in [3.05, 3.63) is 125 Å². The lowest BCUT2D eigenvalue weighted by atomic mass is 9.73. The van der Waals surface area contributed by atoms with Crippen LogP contribution in [-0.2, 0) is 6.42 Å². The number of aromatic carboxylic acids is 1. The van der Waals surface area contributed by atoms with Crippen LogP contribution in [0.3, 0.4) is 0 Å². The first-order valence-electron chi connectivity index (χ1n) is 11.8. The third-order valence-corrected chi connectivity index (χ3v) is 7.79. The summed E-state index contributed by atoms with van der Waals surface area (Å²) in [5, 5.41) is 18.7. The first-order chi connectivity index (χ1) is 16.7. The molecule has 5 aromatic rings. The smallest absolute Gasteiger partial charge is 0.337 e. The van der Waals surface area contributed by atoms with E-state index in [0.717, 1.165) is 17.7 Å². The standard InChI is InChI=1S/C31H23NO2/c33-31(34)25-15-7-14-24-27-21-11-4-3-10-20(21)17-26(27)30(32-29(24)25)28-22-12-5-1-8-18(22)16-19-9-2-6-13-23(19)28/h1-16,26-27,30,32H,17H2,(H,33,34)/t26-,27-,30-/m0/s1. The molecule has 1 heterocycles. The normalized spacial score (nSPS) is 20.4. The molecule has 2 aliphatic rings. The van der Waals surface area contributed by atoms with Gasteiger partial charge in [0.2, 0.25) is 0 Å². The molecule has 0 unspecified atom stereocenters. The number of hydrogen-bond acceptors (Lipinski definition) is 2. The van der Waals surface area contributed by atoms with Gasteiger partial charge < -0.3 is 10.4 Å². The molecular weight excluding hydrogens is 418 g/mol. The van der Waals surface area contributed by atoms with E-state index in [4.69, 9.17) is 0 Å². The van der Waals surface area contributed by atoms with E-state index in [1.165, 1.54) is 38.2 Å². The van der Waals surface area contributed by atoms with Crippen LogP contribution in [0.2, 0.25) is 0 Å². The van der Waals surface area contributed by atoms with Crippen LogP contribution in [0.1, 0.15) is 44.6 Å². The second-order valence-corrected chi connectivity index (χ2v) is 9.47. The van der Waals surface area contributed by atoms with Gasteiger partial charge in [0.05, 0.1) is 17.3 Å². The van der Waals surface area contributed by atoms with Crippen LogP contribution < -0.4 is 5.32 Å². The van der Waals surface area contributed by atoms with Crippen molar-refractivity contribution in [2.75, 3.05) is 5.32 Å². The maximum absolute atomic E-state index is 12.2. The van der Waals surface area contributed by atoms with Gasteiger partial charge in [0, 0.05) is 5.92 Å². The molecule has 1 aliphatic heterocycles. The quantitative estimate of drug-likeness (QED) is 0.286. The van der Waals surface area contributed by atoms with Crippen molar-refractivity contribution in [1.82, 2.24) is 0 Å². The van der Waals surface area contributed by atoms with Gasteiger partial charge in [0.1, 0.15) is 0 Å². The topological polar surface area (TPSA) is 49.3 Å². The van der Waals surface area contributed by atoms with Crippen LogP contribution in [0, 0.1) is 5.92 Å². The molecule has 7 rings (SSSR count). The molecule has 0 spiro atoms. The SMILES string of the molecule is O=C(O)c1cccc2c1N[C@H](c1c3ccccc3cc3ccccc13)[C@H]1Cc3ccccc3[C@@H]21. The summed E-state index contributed by atoms with van der Waals surface area (Å²) in [5.41, 5.74) is 6.15. The van der Waals surface area contributed by atoms with Crippen LogP contribution in [0.4, 0.5) is 5.69 Å². The summed E-state index contributed by atoms with van der Waals surface area (Å²) in [4.78, 5) is 12.2. The number of nitrogens with one attached hydrogen (secondary N) is 1. The van der Waals surface area contributed by atoms with E-state index in [-0.39, 0.29) is 12.0 Å². The molecule has 5 aromatic carbocycles. The number of benzene rings is 5. The number of rotatable bonds is 2. The summed E-state index contributed by atoms with van der Waals surface area (Å²) in [5.74, 6) is -0.437. The minimum atomic E-state index is -0.893. The highest BCUT2D eigenvalue weighted by atomic mass is 16.4. The summed E-state index contributed by atoms with van der Waals surface area (Å²) in [6.07, 6.45) is 0.965.